The topological polar surface area (TPSA) is 102 Å². The van der Waals surface area contributed by atoms with Crippen LogP contribution in [0.15, 0.2) is 70.4 Å². The molecule has 11 heteroatoms. The van der Waals surface area contributed by atoms with Crippen molar-refractivity contribution in [2.75, 3.05) is 5.32 Å². The lowest BCUT2D eigenvalue weighted by Gasteiger charge is -2.15. The molecule has 2 aromatic heterocycles. The second-order valence-electron chi connectivity index (χ2n) is 7.50. The van der Waals surface area contributed by atoms with Crippen LogP contribution in [-0.2, 0) is 6.18 Å². The van der Waals surface area contributed by atoms with E-state index in [1.807, 2.05) is 0 Å². The molecule has 2 N–H and O–H groups in total. The number of anilines is 1. The predicted molar refractivity (Wildman–Crippen MR) is 119 cm³/mol. The Bertz CT molecular complexity index is 1520. The van der Waals surface area contributed by atoms with Crippen molar-refractivity contribution in [2.45, 2.75) is 20.0 Å². The van der Waals surface area contributed by atoms with Gasteiger partial charge in [0.05, 0.1) is 22.6 Å². The lowest BCUT2D eigenvalue weighted by molar-refractivity contribution is -0.137. The molecule has 4 rings (SSSR count). The molecule has 0 saturated heterocycles. The Kier molecular flexibility index (Phi) is 5.70. The van der Waals surface area contributed by atoms with E-state index in [0.717, 1.165) is 22.9 Å². The van der Waals surface area contributed by atoms with Gasteiger partial charge in [-0.15, -0.1) is 0 Å². The Morgan fingerprint density at radius 1 is 1.00 bits per heavy atom. The number of benzene rings is 2. The van der Waals surface area contributed by atoms with Crippen molar-refractivity contribution in [1.82, 2.24) is 19.3 Å². The van der Waals surface area contributed by atoms with E-state index < -0.39 is 34.5 Å². The van der Waals surface area contributed by atoms with Crippen LogP contribution in [0.4, 0.5) is 18.9 Å². The number of imidazole rings is 1. The van der Waals surface area contributed by atoms with Crippen molar-refractivity contribution in [3.05, 3.63) is 104 Å². The molecule has 0 saturated carbocycles. The van der Waals surface area contributed by atoms with Crippen LogP contribution in [0.25, 0.3) is 11.4 Å². The van der Waals surface area contributed by atoms with Crippen molar-refractivity contribution in [3.8, 4) is 11.4 Å². The van der Waals surface area contributed by atoms with E-state index in [9.17, 15) is 27.6 Å². The fourth-order valence-electron chi connectivity index (χ4n) is 3.49. The summed E-state index contributed by atoms with van der Waals surface area (Å²) < 4.78 is 41.9. The second-order valence-corrected chi connectivity index (χ2v) is 7.50. The Morgan fingerprint density at radius 3 is 2.41 bits per heavy atom. The van der Waals surface area contributed by atoms with E-state index in [4.69, 9.17) is 0 Å². The summed E-state index contributed by atoms with van der Waals surface area (Å²) in [6.45, 7) is 3.19. The van der Waals surface area contributed by atoms with E-state index >= 15 is 0 Å². The highest BCUT2D eigenvalue weighted by molar-refractivity contribution is 6.03. The van der Waals surface area contributed by atoms with Crippen molar-refractivity contribution in [2.24, 2.45) is 0 Å². The number of hydrogen-bond acceptors (Lipinski definition) is 4. The van der Waals surface area contributed by atoms with Crippen molar-refractivity contribution in [3.63, 3.8) is 0 Å². The molecule has 0 unspecified atom stereocenters. The van der Waals surface area contributed by atoms with Gasteiger partial charge in [0, 0.05) is 23.7 Å². The average molecular weight is 469 g/mol. The molecule has 2 aromatic carbocycles. The Labute approximate surface area is 190 Å². The minimum absolute atomic E-state index is 0.0382. The van der Waals surface area contributed by atoms with Gasteiger partial charge in [0.25, 0.3) is 5.91 Å². The maximum absolute atomic E-state index is 13.1. The number of aromatic amines is 1. The molecule has 0 atom stereocenters. The zero-order valence-electron chi connectivity index (χ0n) is 18.0. The van der Waals surface area contributed by atoms with Crippen LogP contribution in [0.1, 0.15) is 27.4 Å². The highest BCUT2D eigenvalue weighted by Gasteiger charge is 2.30. The Morgan fingerprint density at radius 2 is 1.74 bits per heavy atom. The quantitative estimate of drug-likeness (QED) is 0.477. The molecular weight excluding hydrogens is 451 g/mol. The third kappa shape index (κ3) is 4.27. The largest absolute Gasteiger partial charge is 0.416 e. The monoisotopic (exact) mass is 469 g/mol. The fraction of sp³-hybridized carbons (Fsp3) is 0.130. The normalized spacial score (nSPS) is 11.4. The first-order valence-electron chi connectivity index (χ1n) is 10.0. The summed E-state index contributed by atoms with van der Waals surface area (Å²) in [5.74, 6) is -0.876. The van der Waals surface area contributed by atoms with Gasteiger partial charge in [-0.2, -0.15) is 18.3 Å². The highest BCUT2D eigenvalue weighted by atomic mass is 19.4. The number of rotatable bonds is 4. The number of hydrogen-bond donors (Lipinski definition) is 2. The van der Waals surface area contributed by atoms with Gasteiger partial charge in [0.2, 0.25) is 5.43 Å². The minimum Gasteiger partial charge on any atom is -0.319 e. The molecule has 34 heavy (non-hydrogen) atoms. The summed E-state index contributed by atoms with van der Waals surface area (Å²) in [6.07, 6.45) is -3.06. The molecule has 0 radical (unpaired) electrons. The molecule has 174 valence electrons. The molecule has 0 aliphatic rings. The van der Waals surface area contributed by atoms with Crippen molar-refractivity contribution < 1.29 is 18.0 Å². The smallest absolute Gasteiger partial charge is 0.319 e. The number of carbonyl (C=O) groups excluding carboxylic acids is 1. The van der Waals surface area contributed by atoms with E-state index in [-0.39, 0.29) is 17.1 Å². The number of carbonyl (C=O) groups is 1. The third-order valence-electron chi connectivity index (χ3n) is 5.09. The number of amides is 1. The van der Waals surface area contributed by atoms with Crippen molar-refractivity contribution in [1.29, 1.82) is 0 Å². The number of para-hydroxylation sites is 2. The zero-order chi connectivity index (χ0) is 24.6. The first-order valence-corrected chi connectivity index (χ1v) is 10.0. The summed E-state index contributed by atoms with van der Waals surface area (Å²) in [7, 11) is 0. The predicted octanol–water partition coefficient (Wildman–Crippen LogP) is 3.60. The molecule has 0 fully saturated rings. The molecule has 1 amide bonds. The van der Waals surface area contributed by atoms with Crippen LogP contribution in [0.5, 0.6) is 0 Å². The van der Waals surface area contributed by atoms with Gasteiger partial charge in [-0.1, -0.05) is 18.2 Å². The van der Waals surface area contributed by atoms with Gasteiger partial charge in [-0.25, -0.2) is 9.48 Å². The number of nitrogens with zero attached hydrogens (tertiary/aromatic N) is 3. The molecule has 8 nitrogen and oxygen atoms in total. The van der Waals surface area contributed by atoms with E-state index in [1.54, 1.807) is 31.2 Å². The van der Waals surface area contributed by atoms with Gasteiger partial charge < -0.3 is 10.3 Å². The van der Waals surface area contributed by atoms with E-state index in [1.165, 1.54) is 29.8 Å². The van der Waals surface area contributed by atoms with Gasteiger partial charge in [0.15, 0.2) is 5.69 Å². The van der Waals surface area contributed by atoms with Crippen LogP contribution in [0.2, 0.25) is 0 Å². The number of H-pyrrole nitrogens is 1. The maximum atomic E-state index is 13.1. The van der Waals surface area contributed by atoms with E-state index in [2.05, 4.69) is 15.4 Å². The lowest BCUT2D eigenvalue weighted by Crippen LogP contribution is -2.27. The van der Waals surface area contributed by atoms with Gasteiger partial charge in [-0.3, -0.25) is 14.2 Å². The molecule has 0 aliphatic heterocycles. The maximum Gasteiger partial charge on any atom is 0.416 e. The molecule has 0 spiro atoms. The summed E-state index contributed by atoms with van der Waals surface area (Å²) in [6, 6.07) is 12.0. The third-order valence-corrected chi connectivity index (χ3v) is 5.09. The summed E-state index contributed by atoms with van der Waals surface area (Å²) in [5.41, 5.74) is -1.05. The zero-order valence-corrected chi connectivity index (χ0v) is 18.0. The Balaban J connectivity index is 1.75. The number of aryl methyl sites for hydroxylation is 2. The van der Waals surface area contributed by atoms with Crippen LogP contribution in [0, 0.1) is 13.8 Å². The number of nitrogens with one attached hydrogen (secondary N) is 2. The van der Waals surface area contributed by atoms with Crippen LogP contribution in [-0.4, -0.2) is 25.2 Å². The standard InChI is InChI=1S/C23H18F3N5O3/c1-13-10-19(32)20(29-31(13)16-7-5-6-15(11-16)23(24,25)26)21(33)28-17-8-3-4-9-18(17)30-14(2)12-27-22(30)34/h3-12H,1-2H3,(H,27,34)(H,28,33). The number of halogens is 3. The number of aromatic nitrogens is 4. The van der Waals surface area contributed by atoms with Crippen LogP contribution < -0.4 is 16.4 Å². The highest BCUT2D eigenvalue weighted by Crippen LogP contribution is 2.30. The van der Waals surface area contributed by atoms with E-state index in [0.29, 0.717) is 11.4 Å². The lowest BCUT2D eigenvalue weighted by atomic mass is 10.2. The molecule has 0 bridgehead atoms. The average Bonchev–Trinajstić information content (AvgIpc) is 3.11. The number of alkyl halides is 3. The fourth-order valence-corrected chi connectivity index (χ4v) is 3.49. The summed E-state index contributed by atoms with van der Waals surface area (Å²) >= 11 is 0. The molecule has 2 heterocycles. The second kappa shape index (κ2) is 8.50. The summed E-state index contributed by atoms with van der Waals surface area (Å²) in [5, 5.41) is 6.61. The van der Waals surface area contributed by atoms with Crippen molar-refractivity contribution >= 4 is 11.6 Å². The van der Waals surface area contributed by atoms with Gasteiger partial charge in [-0.05, 0) is 44.2 Å². The molecule has 4 aromatic rings. The van der Waals surface area contributed by atoms with Gasteiger partial charge >= 0.3 is 11.9 Å². The SMILES string of the molecule is Cc1cc(=O)c(C(=O)Nc2ccccc2-n2c(C)c[nH]c2=O)nn1-c1cccc(C(F)(F)F)c1. The first kappa shape index (κ1) is 22.8. The van der Waals surface area contributed by atoms with Crippen LogP contribution >= 0.6 is 0 Å². The first-order chi connectivity index (χ1) is 16.1. The van der Waals surface area contributed by atoms with Gasteiger partial charge in [0.1, 0.15) is 0 Å². The molecule has 0 aliphatic carbocycles. The summed E-state index contributed by atoms with van der Waals surface area (Å²) in [4.78, 5) is 40.3. The van der Waals surface area contributed by atoms with Crippen LogP contribution in [0.3, 0.4) is 0 Å². The molecular formula is C23H18F3N5O3. The Hall–Kier alpha value is -4.41. The minimum atomic E-state index is -4.57.